The van der Waals surface area contributed by atoms with E-state index in [2.05, 4.69) is 9.97 Å². The van der Waals surface area contributed by atoms with Gasteiger partial charge in [-0.15, -0.1) is 0 Å². The second kappa shape index (κ2) is 4.72. The molecular weight excluding hydrogens is 300 g/mol. The fourth-order valence-corrected chi connectivity index (χ4v) is 2.68. The molecule has 0 spiro atoms. The number of nitrogens with zero attached hydrogens (tertiary/aromatic N) is 3. The van der Waals surface area contributed by atoms with Gasteiger partial charge in [-0.1, -0.05) is 29.3 Å². The Morgan fingerprint density at radius 2 is 1.95 bits per heavy atom. The van der Waals surface area contributed by atoms with Crippen LogP contribution in [-0.4, -0.2) is 14.5 Å². The Labute approximate surface area is 125 Å². The van der Waals surface area contributed by atoms with Crippen LogP contribution in [0.2, 0.25) is 10.2 Å². The van der Waals surface area contributed by atoms with Gasteiger partial charge >= 0.3 is 0 Å². The molecule has 3 nitrogen and oxygen atoms in total. The van der Waals surface area contributed by atoms with Crippen molar-refractivity contribution in [2.45, 2.75) is 6.92 Å². The van der Waals surface area contributed by atoms with Gasteiger partial charge in [0.2, 0.25) is 0 Å². The van der Waals surface area contributed by atoms with E-state index in [-0.39, 0.29) is 5.02 Å². The molecule has 2 aromatic heterocycles. The van der Waals surface area contributed by atoms with E-state index in [0.717, 1.165) is 16.6 Å². The normalized spacial score (nSPS) is 11.2. The van der Waals surface area contributed by atoms with E-state index in [1.54, 1.807) is 19.1 Å². The van der Waals surface area contributed by atoms with Crippen LogP contribution in [0, 0.1) is 12.7 Å². The van der Waals surface area contributed by atoms with Crippen LogP contribution in [0.15, 0.2) is 24.5 Å². The molecule has 0 N–H and O–H groups in total. The van der Waals surface area contributed by atoms with Crippen LogP contribution in [0.3, 0.4) is 0 Å². The lowest BCUT2D eigenvalue weighted by Crippen LogP contribution is -1.96. The molecule has 0 saturated heterocycles. The van der Waals surface area contributed by atoms with Gasteiger partial charge in [0.1, 0.15) is 22.9 Å². The van der Waals surface area contributed by atoms with Gasteiger partial charge in [0.15, 0.2) is 0 Å². The molecule has 1 aromatic carbocycles. The average molecular weight is 310 g/mol. The zero-order valence-electron chi connectivity index (χ0n) is 10.8. The van der Waals surface area contributed by atoms with Crippen molar-refractivity contribution in [1.82, 2.24) is 14.5 Å². The van der Waals surface area contributed by atoms with Crippen molar-refractivity contribution < 1.29 is 4.39 Å². The summed E-state index contributed by atoms with van der Waals surface area (Å²) in [6.07, 6.45) is 1.41. The second-order valence-electron chi connectivity index (χ2n) is 4.52. The zero-order chi connectivity index (χ0) is 14.4. The topological polar surface area (TPSA) is 30.7 Å². The smallest absolute Gasteiger partial charge is 0.145 e. The number of halogens is 3. The van der Waals surface area contributed by atoms with E-state index in [0.29, 0.717) is 16.4 Å². The molecule has 0 atom stereocenters. The largest absolute Gasteiger partial charge is 0.328 e. The molecule has 0 radical (unpaired) electrons. The third-order valence-electron chi connectivity index (χ3n) is 3.39. The highest BCUT2D eigenvalue weighted by molar-refractivity contribution is 6.34. The summed E-state index contributed by atoms with van der Waals surface area (Å²) < 4.78 is 15.8. The standard InChI is InChI=1S/C14H10Cl2FN3/c1-7-8(3-4-10(15)12(7)17)11-5-9-13(16)18-6-19-14(9)20(11)2/h3-6H,1-2H3. The Bertz CT molecular complexity index is 827. The lowest BCUT2D eigenvalue weighted by Gasteiger charge is -2.09. The molecule has 0 saturated carbocycles. The number of aromatic nitrogens is 3. The highest BCUT2D eigenvalue weighted by Gasteiger charge is 2.16. The Hall–Kier alpha value is -1.65. The maximum atomic E-state index is 13.9. The van der Waals surface area contributed by atoms with Crippen molar-refractivity contribution in [3.63, 3.8) is 0 Å². The molecule has 0 unspecified atom stereocenters. The molecule has 0 fully saturated rings. The molecule has 0 aliphatic carbocycles. The van der Waals surface area contributed by atoms with Crippen LogP contribution in [0.1, 0.15) is 5.56 Å². The lowest BCUT2D eigenvalue weighted by molar-refractivity contribution is 0.619. The van der Waals surface area contributed by atoms with Crippen molar-refractivity contribution in [1.29, 1.82) is 0 Å². The maximum Gasteiger partial charge on any atom is 0.145 e. The first kappa shape index (κ1) is 13.3. The van der Waals surface area contributed by atoms with Crippen LogP contribution >= 0.6 is 23.2 Å². The molecule has 102 valence electrons. The summed E-state index contributed by atoms with van der Waals surface area (Å²) in [6.45, 7) is 1.70. The number of benzene rings is 1. The number of rotatable bonds is 1. The molecule has 3 rings (SSSR count). The first-order chi connectivity index (χ1) is 9.50. The van der Waals surface area contributed by atoms with Crippen LogP contribution in [0.5, 0.6) is 0 Å². The number of hydrogen-bond donors (Lipinski definition) is 0. The summed E-state index contributed by atoms with van der Waals surface area (Å²) in [5.41, 5.74) is 2.76. The predicted molar refractivity (Wildman–Crippen MR) is 78.7 cm³/mol. The third kappa shape index (κ3) is 1.87. The van der Waals surface area contributed by atoms with Crippen LogP contribution in [-0.2, 0) is 7.05 Å². The maximum absolute atomic E-state index is 13.9. The highest BCUT2D eigenvalue weighted by Crippen LogP contribution is 2.33. The van der Waals surface area contributed by atoms with Crippen molar-refractivity contribution in [2.24, 2.45) is 7.05 Å². The van der Waals surface area contributed by atoms with Crippen molar-refractivity contribution in [3.05, 3.63) is 46.1 Å². The van der Waals surface area contributed by atoms with Crippen LogP contribution < -0.4 is 0 Å². The molecular formula is C14H10Cl2FN3. The van der Waals surface area contributed by atoms with Crippen molar-refractivity contribution in [3.8, 4) is 11.3 Å². The Morgan fingerprint density at radius 3 is 2.65 bits per heavy atom. The molecule has 3 aromatic rings. The summed E-state index contributed by atoms with van der Waals surface area (Å²) in [7, 11) is 1.85. The highest BCUT2D eigenvalue weighted by atomic mass is 35.5. The van der Waals surface area contributed by atoms with Crippen molar-refractivity contribution in [2.75, 3.05) is 0 Å². The monoisotopic (exact) mass is 309 g/mol. The minimum atomic E-state index is -0.411. The fourth-order valence-electron chi connectivity index (χ4n) is 2.29. The molecule has 0 amide bonds. The molecule has 0 aliphatic rings. The molecule has 6 heteroatoms. The van der Waals surface area contributed by atoms with Gasteiger partial charge in [0.05, 0.1) is 16.1 Å². The van der Waals surface area contributed by atoms with Gasteiger partial charge in [-0.25, -0.2) is 14.4 Å². The van der Waals surface area contributed by atoms with Gasteiger partial charge < -0.3 is 4.57 Å². The van der Waals surface area contributed by atoms with E-state index in [1.807, 2.05) is 17.7 Å². The summed E-state index contributed by atoms with van der Waals surface area (Å²) in [5, 5.41) is 1.23. The number of fused-ring (bicyclic) bond motifs is 1. The van der Waals surface area contributed by atoms with E-state index >= 15 is 0 Å². The molecule has 2 heterocycles. The summed E-state index contributed by atoms with van der Waals surface area (Å²) in [5.74, 6) is -0.411. The zero-order valence-corrected chi connectivity index (χ0v) is 12.3. The average Bonchev–Trinajstić information content (AvgIpc) is 2.76. The van der Waals surface area contributed by atoms with Gasteiger partial charge in [-0.05, 0) is 24.6 Å². The minimum Gasteiger partial charge on any atom is -0.328 e. The first-order valence-electron chi connectivity index (χ1n) is 5.91. The van der Waals surface area contributed by atoms with E-state index < -0.39 is 5.82 Å². The molecule has 0 bridgehead atoms. The fraction of sp³-hybridized carbons (Fsp3) is 0.143. The SMILES string of the molecule is Cc1c(-c2cc3c(Cl)ncnc3n2C)ccc(Cl)c1F. The molecule has 20 heavy (non-hydrogen) atoms. The molecule has 0 aliphatic heterocycles. The predicted octanol–water partition coefficient (Wildman–Crippen LogP) is 4.39. The summed E-state index contributed by atoms with van der Waals surface area (Å²) in [4.78, 5) is 8.16. The van der Waals surface area contributed by atoms with Gasteiger partial charge in [0, 0.05) is 12.6 Å². The van der Waals surface area contributed by atoms with Gasteiger partial charge in [-0.3, -0.25) is 0 Å². The Morgan fingerprint density at radius 1 is 1.20 bits per heavy atom. The van der Waals surface area contributed by atoms with E-state index in [4.69, 9.17) is 23.2 Å². The van der Waals surface area contributed by atoms with Crippen molar-refractivity contribution >= 4 is 34.2 Å². The minimum absolute atomic E-state index is 0.114. The van der Waals surface area contributed by atoms with Crippen LogP contribution in [0.25, 0.3) is 22.3 Å². The summed E-state index contributed by atoms with van der Waals surface area (Å²) in [6, 6.07) is 5.19. The third-order valence-corrected chi connectivity index (χ3v) is 3.98. The lowest BCUT2D eigenvalue weighted by atomic mass is 10.1. The Balaban J connectivity index is 2.33. The summed E-state index contributed by atoms with van der Waals surface area (Å²) >= 11 is 11.9. The van der Waals surface area contributed by atoms with Crippen LogP contribution in [0.4, 0.5) is 4.39 Å². The van der Waals surface area contributed by atoms with E-state index in [1.165, 1.54) is 6.33 Å². The quantitative estimate of drug-likeness (QED) is 0.624. The first-order valence-corrected chi connectivity index (χ1v) is 6.67. The van der Waals surface area contributed by atoms with E-state index in [9.17, 15) is 4.39 Å². The van der Waals surface area contributed by atoms with Gasteiger partial charge in [-0.2, -0.15) is 0 Å². The Kier molecular flexibility index (Phi) is 3.15. The number of aryl methyl sites for hydroxylation is 1. The van der Waals surface area contributed by atoms with Gasteiger partial charge in [0.25, 0.3) is 0 Å². The second-order valence-corrected chi connectivity index (χ2v) is 5.29. The number of hydrogen-bond acceptors (Lipinski definition) is 2.